The van der Waals surface area contributed by atoms with Gasteiger partial charge in [-0.25, -0.2) is 0 Å². The lowest BCUT2D eigenvalue weighted by atomic mass is 10.0. The van der Waals surface area contributed by atoms with Crippen molar-refractivity contribution in [2.75, 3.05) is 0 Å². The van der Waals surface area contributed by atoms with Crippen LogP contribution >= 0.6 is 0 Å². The molecule has 1 aliphatic rings. The van der Waals surface area contributed by atoms with Gasteiger partial charge in [0, 0.05) is 29.2 Å². The second-order valence-corrected chi connectivity index (χ2v) is 5.33. The molecule has 1 aliphatic carbocycles. The Hall–Kier alpha value is -1.28. The van der Waals surface area contributed by atoms with E-state index in [1.807, 2.05) is 0 Å². The summed E-state index contributed by atoms with van der Waals surface area (Å²) in [4.78, 5) is 3.54. The van der Waals surface area contributed by atoms with Gasteiger partial charge in [-0.05, 0) is 50.3 Å². The molecule has 2 heteroatoms. The Balaban J connectivity index is 2.08. The Kier molecular flexibility index (Phi) is 2.48. The maximum absolute atomic E-state index is 3.62. The lowest BCUT2D eigenvalue weighted by molar-refractivity contribution is 0.688. The third kappa shape index (κ3) is 1.87. The summed E-state index contributed by atoms with van der Waals surface area (Å²) >= 11 is 0. The highest BCUT2D eigenvalue weighted by Gasteiger charge is 2.21. The zero-order chi connectivity index (χ0) is 12.0. The van der Waals surface area contributed by atoms with E-state index >= 15 is 0 Å². The fourth-order valence-electron chi connectivity index (χ4n) is 2.57. The van der Waals surface area contributed by atoms with E-state index in [9.17, 15) is 0 Å². The van der Waals surface area contributed by atoms with Crippen molar-refractivity contribution < 1.29 is 0 Å². The van der Waals surface area contributed by atoms with Gasteiger partial charge in [0.2, 0.25) is 0 Å². The SMILES string of the molecule is Cc1[nH]c2c(C)ccc(C)c2c1CNC1CC1. The van der Waals surface area contributed by atoms with Crippen LogP contribution in [0.15, 0.2) is 12.1 Å². The van der Waals surface area contributed by atoms with Crippen molar-refractivity contribution >= 4 is 10.9 Å². The highest BCUT2D eigenvalue weighted by atomic mass is 14.9. The van der Waals surface area contributed by atoms with Crippen molar-refractivity contribution in [2.45, 2.75) is 46.2 Å². The average molecular weight is 228 g/mol. The van der Waals surface area contributed by atoms with Crippen molar-refractivity contribution in [1.82, 2.24) is 10.3 Å². The molecule has 0 spiro atoms. The minimum atomic E-state index is 0.768. The van der Waals surface area contributed by atoms with Crippen LogP contribution in [0.5, 0.6) is 0 Å². The van der Waals surface area contributed by atoms with E-state index < -0.39 is 0 Å². The van der Waals surface area contributed by atoms with E-state index in [0.29, 0.717) is 0 Å². The first kappa shape index (κ1) is 10.8. The lowest BCUT2D eigenvalue weighted by Gasteiger charge is -2.06. The minimum absolute atomic E-state index is 0.768. The van der Waals surface area contributed by atoms with Crippen LogP contribution in [0, 0.1) is 20.8 Å². The summed E-state index contributed by atoms with van der Waals surface area (Å²) in [5, 5.41) is 5.05. The molecule has 0 bridgehead atoms. The van der Waals surface area contributed by atoms with Crippen molar-refractivity contribution in [1.29, 1.82) is 0 Å². The average Bonchev–Trinajstić information content (AvgIpc) is 3.05. The summed E-state index contributed by atoms with van der Waals surface area (Å²) in [6.07, 6.45) is 2.69. The molecule has 0 aliphatic heterocycles. The van der Waals surface area contributed by atoms with E-state index in [1.165, 1.54) is 46.1 Å². The van der Waals surface area contributed by atoms with Crippen LogP contribution in [0.1, 0.15) is 35.2 Å². The largest absolute Gasteiger partial charge is 0.358 e. The summed E-state index contributed by atoms with van der Waals surface area (Å²) in [6.45, 7) is 7.56. The fraction of sp³-hybridized carbons (Fsp3) is 0.467. The Morgan fingerprint density at radius 1 is 1.18 bits per heavy atom. The molecule has 0 atom stereocenters. The first-order valence-electron chi connectivity index (χ1n) is 6.47. The van der Waals surface area contributed by atoms with E-state index in [1.54, 1.807) is 0 Å². The number of hydrogen-bond donors (Lipinski definition) is 2. The van der Waals surface area contributed by atoms with Gasteiger partial charge >= 0.3 is 0 Å². The van der Waals surface area contributed by atoms with Gasteiger partial charge in [0.1, 0.15) is 0 Å². The molecule has 0 unspecified atom stereocenters. The van der Waals surface area contributed by atoms with Crippen LogP contribution in [0.25, 0.3) is 10.9 Å². The molecule has 3 rings (SSSR count). The summed E-state index contributed by atoms with van der Waals surface area (Å²) in [7, 11) is 0. The van der Waals surface area contributed by atoms with E-state index in [0.717, 1.165) is 12.6 Å². The van der Waals surface area contributed by atoms with Gasteiger partial charge in [-0.3, -0.25) is 0 Å². The van der Waals surface area contributed by atoms with Gasteiger partial charge in [-0.15, -0.1) is 0 Å². The molecule has 1 saturated carbocycles. The van der Waals surface area contributed by atoms with Crippen LogP contribution < -0.4 is 5.32 Å². The van der Waals surface area contributed by atoms with Crippen molar-refractivity contribution in [3.05, 3.63) is 34.5 Å². The maximum Gasteiger partial charge on any atom is 0.0491 e. The molecular weight excluding hydrogens is 208 g/mol. The number of aryl methyl sites for hydroxylation is 3. The molecular formula is C15H20N2. The highest BCUT2D eigenvalue weighted by Crippen LogP contribution is 2.29. The van der Waals surface area contributed by atoms with Crippen LogP contribution in [0.2, 0.25) is 0 Å². The second-order valence-electron chi connectivity index (χ2n) is 5.33. The molecule has 1 fully saturated rings. The molecule has 1 aromatic carbocycles. The predicted molar refractivity (Wildman–Crippen MR) is 72.4 cm³/mol. The molecule has 2 nitrogen and oxygen atoms in total. The fourth-order valence-corrected chi connectivity index (χ4v) is 2.57. The van der Waals surface area contributed by atoms with Gasteiger partial charge in [-0.2, -0.15) is 0 Å². The van der Waals surface area contributed by atoms with E-state index in [2.05, 4.69) is 43.2 Å². The summed E-state index contributed by atoms with van der Waals surface area (Å²) < 4.78 is 0. The lowest BCUT2D eigenvalue weighted by Crippen LogP contribution is -2.15. The molecule has 2 N–H and O–H groups in total. The number of nitrogens with one attached hydrogen (secondary N) is 2. The number of hydrogen-bond acceptors (Lipinski definition) is 1. The van der Waals surface area contributed by atoms with E-state index in [4.69, 9.17) is 0 Å². The summed E-state index contributed by atoms with van der Waals surface area (Å²) in [5.74, 6) is 0. The number of fused-ring (bicyclic) bond motifs is 1. The van der Waals surface area contributed by atoms with Gasteiger partial charge in [0.15, 0.2) is 0 Å². The molecule has 0 radical (unpaired) electrons. The number of H-pyrrole nitrogens is 1. The predicted octanol–water partition coefficient (Wildman–Crippen LogP) is 3.35. The van der Waals surface area contributed by atoms with Crippen LogP contribution in [0.4, 0.5) is 0 Å². The zero-order valence-electron chi connectivity index (χ0n) is 10.9. The smallest absolute Gasteiger partial charge is 0.0491 e. The first-order chi connectivity index (χ1) is 8.16. The molecule has 1 aromatic heterocycles. The monoisotopic (exact) mass is 228 g/mol. The van der Waals surface area contributed by atoms with Crippen LogP contribution in [0.3, 0.4) is 0 Å². The van der Waals surface area contributed by atoms with Crippen molar-refractivity contribution in [3.63, 3.8) is 0 Å². The van der Waals surface area contributed by atoms with Gasteiger partial charge in [0.25, 0.3) is 0 Å². The van der Waals surface area contributed by atoms with E-state index in [-0.39, 0.29) is 0 Å². The van der Waals surface area contributed by atoms with Gasteiger partial charge in [-0.1, -0.05) is 12.1 Å². The topological polar surface area (TPSA) is 27.8 Å². The number of benzene rings is 1. The highest BCUT2D eigenvalue weighted by molar-refractivity contribution is 5.90. The first-order valence-corrected chi connectivity index (χ1v) is 6.47. The summed E-state index contributed by atoms with van der Waals surface area (Å²) in [5.41, 5.74) is 6.79. The Morgan fingerprint density at radius 3 is 2.59 bits per heavy atom. The Morgan fingerprint density at radius 2 is 1.88 bits per heavy atom. The van der Waals surface area contributed by atoms with Gasteiger partial charge < -0.3 is 10.3 Å². The number of aromatic amines is 1. The second kappa shape index (κ2) is 3.88. The van der Waals surface area contributed by atoms with Crippen molar-refractivity contribution in [3.8, 4) is 0 Å². The molecule has 1 heterocycles. The summed E-state index contributed by atoms with van der Waals surface area (Å²) in [6, 6.07) is 5.20. The Bertz CT molecular complexity index is 562. The quantitative estimate of drug-likeness (QED) is 0.828. The number of rotatable bonds is 3. The zero-order valence-corrected chi connectivity index (χ0v) is 10.9. The maximum atomic E-state index is 3.62. The third-order valence-electron chi connectivity index (χ3n) is 3.83. The molecule has 0 amide bonds. The molecule has 90 valence electrons. The normalized spacial score (nSPS) is 15.7. The van der Waals surface area contributed by atoms with Crippen molar-refractivity contribution in [2.24, 2.45) is 0 Å². The standard InChI is InChI=1S/C15H20N2/c1-9-4-5-10(2)15-14(9)13(11(3)17-15)8-16-12-6-7-12/h4-5,12,16-17H,6-8H2,1-3H3. The van der Waals surface area contributed by atoms with Gasteiger partial charge in [0.05, 0.1) is 0 Å². The molecule has 17 heavy (non-hydrogen) atoms. The number of aromatic nitrogens is 1. The Labute approximate surface area is 102 Å². The third-order valence-corrected chi connectivity index (χ3v) is 3.83. The minimum Gasteiger partial charge on any atom is -0.358 e. The molecule has 2 aromatic rings. The molecule has 0 saturated heterocycles. The van der Waals surface area contributed by atoms with Crippen LogP contribution in [-0.4, -0.2) is 11.0 Å². The van der Waals surface area contributed by atoms with Crippen LogP contribution in [-0.2, 0) is 6.54 Å².